The maximum absolute atomic E-state index is 12.6. The summed E-state index contributed by atoms with van der Waals surface area (Å²) in [4.78, 5) is 14.4. The van der Waals surface area contributed by atoms with Gasteiger partial charge in [-0.2, -0.15) is 5.10 Å². The summed E-state index contributed by atoms with van der Waals surface area (Å²) >= 11 is 0. The van der Waals surface area contributed by atoms with E-state index in [9.17, 15) is 4.79 Å². The van der Waals surface area contributed by atoms with Gasteiger partial charge in [0.2, 0.25) is 5.91 Å². The molecule has 1 fully saturated rings. The molecule has 6 heteroatoms. The molecule has 1 aromatic carbocycles. The van der Waals surface area contributed by atoms with Gasteiger partial charge in [-0.05, 0) is 37.5 Å². The number of ether oxygens (including phenoxy) is 1. The van der Waals surface area contributed by atoms with Gasteiger partial charge in [0.15, 0.2) is 0 Å². The van der Waals surface area contributed by atoms with Crippen LogP contribution in [0, 0.1) is 0 Å². The van der Waals surface area contributed by atoms with Crippen LogP contribution in [0.2, 0.25) is 0 Å². The molecule has 1 aromatic heterocycles. The van der Waals surface area contributed by atoms with E-state index in [0.717, 1.165) is 30.8 Å². The third kappa shape index (κ3) is 3.59. The van der Waals surface area contributed by atoms with Crippen LogP contribution in [0.1, 0.15) is 18.9 Å². The summed E-state index contributed by atoms with van der Waals surface area (Å²) in [5.74, 6) is 0.988. The Bertz CT molecular complexity index is 695. The zero-order valence-electron chi connectivity index (χ0n) is 14.4. The maximum atomic E-state index is 12.6. The van der Waals surface area contributed by atoms with Crippen molar-refractivity contribution in [2.75, 3.05) is 18.6 Å². The number of benzene rings is 1. The van der Waals surface area contributed by atoms with Crippen molar-refractivity contribution in [1.29, 1.82) is 0 Å². The molecule has 1 N–H and O–H groups in total. The van der Waals surface area contributed by atoms with Crippen LogP contribution in [0.3, 0.4) is 0 Å². The number of aromatic nitrogens is 2. The first-order chi connectivity index (χ1) is 11.6. The molecule has 6 nitrogen and oxygen atoms in total. The van der Waals surface area contributed by atoms with Gasteiger partial charge in [0.25, 0.3) is 0 Å². The third-order valence-corrected chi connectivity index (χ3v) is 4.40. The van der Waals surface area contributed by atoms with E-state index in [1.807, 2.05) is 30.3 Å². The second-order valence-corrected chi connectivity index (χ2v) is 6.32. The molecule has 2 atom stereocenters. The normalized spacial score (nSPS) is 18.9. The summed E-state index contributed by atoms with van der Waals surface area (Å²) in [6.07, 6.45) is 5.31. The van der Waals surface area contributed by atoms with Crippen molar-refractivity contribution in [2.24, 2.45) is 7.05 Å². The molecule has 0 spiro atoms. The lowest BCUT2D eigenvalue weighted by molar-refractivity contribution is -0.119. The fourth-order valence-electron chi connectivity index (χ4n) is 3.16. The van der Waals surface area contributed by atoms with Gasteiger partial charge in [-0.25, -0.2) is 0 Å². The van der Waals surface area contributed by atoms with Gasteiger partial charge in [0.1, 0.15) is 5.75 Å². The Kier molecular flexibility index (Phi) is 4.85. The van der Waals surface area contributed by atoms with Crippen molar-refractivity contribution < 1.29 is 9.53 Å². The molecule has 24 heavy (non-hydrogen) atoms. The molecule has 1 saturated heterocycles. The van der Waals surface area contributed by atoms with Crippen molar-refractivity contribution >= 4 is 11.6 Å². The molecular weight excluding hydrogens is 304 g/mol. The van der Waals surface area contributed by atoms with Crippen LogP contribution in [0.15, 0.2) is 36.7 Å². The lowest BCUT2D eigenvalue weighted by atomic mass is 10.1. The zero-order valence-corrected chi connectivity index (χ0v) is 14.4. The molecule has 0 radical (unpaired) electrons. The second-order valence-electron chi connectivity index (χ2n) is 6.32. The Hall–Kier alpha value is -2.34. The smallest absolute Gasteiger partial charge is 0.244 e. The largest absolute Gasteiger partial charge is 0.497 e. The highest BCUT2D eigenvalue weighted by molar-refractivity contribution is 5.99. The molecule has 3 rings (SSSR count). The van der Waals surface area contributed by atoms with Crippen molar-refractivity contribution in [3.8, 4) is 5.75 Å². The van der Waals surface area contributed by atoms with Crippen LogP contribution >= 0.6 is 0 Å². The van der Waals surface area contributed by atoms with E-state index >= 15 is 0 Å². The second kappa shape index (κ2) is 7.05. The predicted molar refractivity (Wildman–Crippen MR) is 93.3 cm³/mol. The van der Waals surface area contributed by atoms with Crippen molar-refractivity contribution in [2.45, 2.75) is 31.8 Å². The SMILES string of the molecule is COc1ccc(C[C@H](C)N[C@@H]2CCN(c3cnn(C)c3)C2=O)cc1. The summed E-state index contributed by atoms with van der Waals surface area (Å²) < 4.78 is 6.90. The lowest BCUT2D eigenvalue weighted by Gasteiger charge is -2.19. The molecular formula is C18H24N4O2. The van der Waals surface area contributed by atoms with E-state index in [4.69, 9.17) is 4.74 Å². The fourth-order valence-corrected chi connectivity index (χ4v) is 3.16. The number of hydrogen-bond donors (Lipinski definition) is 1. The highest BCUT2D eigenvalue weighted by Gasteiger charge is 2.33. The number of nitrogens with one attached hydrogen (secondary N) is 1. The van der Waals surface area contributed by atoms with E-state index < -0.39 is 0 Å². The Morgan fingerprint density at radius 2 is 2.12 bits per heavy atom. The Morgan fingerprint density at radius 1 is 1.38 bits per heavy atom. The summed E-state index contributed by atoms with van der Waals surface area (Å²) in [7, 11) is 3.52. The minimum atomic E-state index is -0.126. The molecule has 1 aliphatic heterocycles. The molecule has 2 aromatic rings. The molecule has 1 aliphatic rings. The Labute approximate surface area is 142 Å². The summed E-state index contributed by atoms with van der Waals surface area (Å²) in [6, 6.07) is 8.16. The van der Waals surface area contributed by atoms with E-state index in [-0.39, 0.29) is 18.0 Å². The number of anilines is 1. The maximum Gasteiger partial charge on any atom is 0.244 e. The highest BCUT2D eigenvalue weighted by Crippen LogP contribution is 2.21. The molecule has 2 heterocycles. The average molecular weight is 328 g/mol. The standard InChI is InChI=1S/C18H24N4O2/c1-13(10-14-4-6-16(24-3)7-5-14)20-17-8-9-22(18(17)23)15-11-19-21(2)12-15/h4-7,11-13,17,20H,8-10H2,1-3H3/t13-,17+/m0/s1. The number of carbonyl (C=O) groups is 1. The van der Waals surface area contributed by atoms with Crippen molar-refractivity contribution in [3.05, 3.63) is 42.2 Å². The minimum Gasteiger partial charge on any atom is -0.497 e. The van der Waals surface area contributed by atoms with Crippen LogP contribution in [0.25, 0.3) is 0 Å². The molecule has 0 bridgehead atoms. The number of amides is 1. The minimum absolute atomic E-state index is 0.126. The zero-order chi connectivity index (χ0) is 17.1. The number of hydrogen-bond acceptors (Lipinski definition) is 4. The molecule has 0 aliphatic carbocycles. The van der Waals surface area contributed by atoms with Gasteiger partial charge in [-0.3, -0.25) is 9.48 Å². The van der Waals surface area contributed by atoms with Gasteiger partial charge in [-0.15, -0.1) is 0 Å². The average Bonchev–Trinajstić information content (AvgIpc) is 3.15. The summed E-state index contributed by atoms with van der Waals surface area (Å²) in [6.45, 7) is 2.85. The van der Waals surface area contributed by atoms with Crippen molar-refractivity contribution in [3.63, 3.8) is 0 Å². The van der Waals surface area contributed by atoms with Crippen LogP contribution in [0.5, 0.6) is 5.75 Å². The van der Waals surface area contributed by atoms with Gasteiger partial charge in [0.05, 0.1) is 25.0 Å². The summed E-state index contributed by atoms with van der Waals surface area (Å²) in [5.41, 5.74) is 2.10. The number of nitrogens with zero attached hydrogens (tertiary/aromatic N) is 3. The first-order valence-corrected chi connectivity index (χ1v) is 8.26. The monoisotopic (exact) mass is 328 g/mol. The number of methoxy groups -OCH3 is 1. The van der Waals surface area contributed by atoms with Gasteiger partial charge >= 0.3 is 0 Å². The predicted octanol–water partition coefficient (Wildman–Crippen LogP) is 1.75. The lowest BCUT2D eigenvalue weighted by Crippen LogP contribution is -2.43. The third-order valence-electron chi connectivity index (χ3n) is 4.40. The molecule has 1 amide bonds. The molecule has 0 saturated carbocycles. The number of rotatable bonds is 6. The van der Waals surface area contributed by atoms with Gasteiger partial charge in [0, 0.05) is 25.8 Å². The first kappa shape index (κ1) is 16.5. The van der Waals surface area contributed by atoms with E-state index in [1.54, 1.807) is 18.0 Å². The topological polar surface area (TPSA) is 59.4 Å². The van der Waals surface area contributed by atoms with Crippen LogP contribution < -0.4 is 15.0 Å². The van der Waals surface area contributed by atoms with Gasteiger partial charge in [-0.1, -0.05) is 12.1 Å². The number of aryl methyl sites for hydroxylation is 1. The fraction of sp³-hybridized carbons (Fsp3) is 0.444. The van der Waals surface area contributed by atoms with E-state index in [2.05, 4.69) is 29.5 Å². The van der Waals surface area contributed by atoms with E-state index in [1.165, 1.54) is 5.56 Å². The van der Waals surface area contributed by atoms with Gasteiger partial charge < -0.3 is 15.0 Å². The van der Waals surface area contributed by atoms with Crippen LogP contribution in [-0.4, -0.2) is 41.4 Å². The number of carbonyl (C=O) groups excluding carboxylic acids is 1. The molecule has 0 unspecified atom stereocenters. The summed E-state index contributed by atoms with van der Waals surface area (Å²) in [5, 5.41) is 7.61. The van der Waals surface area contributed by atoms with E-state index in [0.29, 0.717) is 0 Å². The Balaban J connectivity index is 1.56. The quantitative estimate of drug-likeness (QED) is 0.878. The van der Waals surface area contributed by atoms with Crippen molar-refractivity contribution in [1.82, 2.24) is 15.1 Å². The van der Waals surface area contributed by atoms with Crippen LogP contribution in [0.4, 0.5) is 5.69 Å². The Morgan fingerprint density at radius 3 is 2.75 bits per heavy atom. The highest BCUT2D eigenvalue weighted by atomic mass is 16.5. The molecule has 128 valence electrons. The van der Waals surface area contributed by atoms with Crippen LogP contribution in [-0.2, 0) is 18.3 Å². The first-order valence-electron chi connectivity index (χ1n) is 8.26.